The predicted molar refractivity (Wildman–Crippen MR) is 58.6 cm³/mol. The molecule has 0 amide bonds. The SMILES string of the molecule is Cc1ccc(S(=O)(=O)N(C)CC(=O)O)c(F)c1. The molecule has 17 heavy (non-hydrogen) atoms. The van der Waals surface area contributed by atoms with Gasteiger partial charge in [-0.05, 0) is 24.6 Å². The lowest BCUT2D eigenvalue weighted by atomic mass is 10.2. The van der Waals surface area contributed by atoms with Crippen molar-refractivity contribution < 1.29 is 22.7 Å². The van der Waals surface area contributed by atoms with Crippen LogP contribution in [0.5, 0.6) is 0 Å². The number of benzene rings is 1. The quantitative estimate of drug-likeness (QED) is 0.871. The van der Waals surface area contributed by atoms with Gasteiger partial charge in [0.1, 0.15) is 17.3 Å². The summed E-state index contributed by atoms with van der Waals surface area (Å²) in [4.78, 5) is 9.91. The summed E-state index contributed by atoms with van der Waals surface area (Å²) in [5.41, 5.74) is 0.585. The maximum absolute atomic E-state index is 13.5. The number of likely N-dealkylation sites (N-methyl/N-ethyl adjacent to an activating group) is 1. The van der Waals surface area contributed by atoms with Crippen LogP contribution in [0.3, 0.4) is 0 Å². The van der Waals surface area contributed by atoms with Crippen molar-refractivity contribution >= 4 is 16.0 Å². The van der Waals surface area contributed by atoms with Crippen molar-refractivity contribution in [1.82, 2.24) is 4.31 Å². The Morgan fingerprint density at radius 1 is 1.47 bits per heavy atom. The van der Waals surface area contributed by atoms with Gasteiger partial charge in [0.25, 0.3) is 0 Å². The number of halogens is 1. The molecule has 0 bridgehead atoms. The van der Waals surface area contributed by atoms with Crippen molar-refractivity contribution in [1.29, 1.82) is 0 Å². The molecule has 0 heterocycles. The lowest BCUT2D eigenvalue weighted by molar-refractivity contribution is -0.137. The molecule has 0 saturated heterocycles. The second kappa shape index (κ2) is 4.80. The first-order valence-corrected chi connectivity index (χ1v) is 6.13. The fourth-order valence-electron chi connectivity index (χ4n) is 1.26. The third kappa shape index (κ3) is 3.01. The molecule has 0 aliphatic rings. The number of aryl methyl sites for hydroxylation is 1. The number of hydrogen-bond donors (Lipinski definition) is 1. The summed E-state index contributed by atoms with van der Waals surface area (Å²) in [5, 5.41) is 8.51. The van der Waals surface area contributed by atoms with Crippen LogP contribution >= 0.6 is 0 Å². The van der Waals surface area contributed by atoms with E-state index in [0.29, 0.717) is 9.87 Å². The monoisotopic (exact) mass is 261 g/mol. The third-order valence-electron chi connectivity index (χ3n) is 2.13. The number of sulfonamides is 1. The summed E-state index contributed by atoms with van der Waals surface area (Å²) < 4.78 is 37.7. The highest BCUT2D eigenvalue weighted by molar-refractivity contribution is 7.89. The number of aliphatic carboxylic acids is 1. The molecule has 1 N–H and O–H groups in total. The first-order valence-electron chi connectivity index (χ1n) is 4.69. The standard InChI is InChI=1S/C10H12FNO4S/c1-7-3-4-9(8(11)5-7)17(15,16)12(2)6-10(13)14/h3-5H,6H2,1-2H3,(H,13,14). The maximum atomic E-state index is 13.5. The van der Waals surface area contributed by atoms with Crippen molar-refractivity contribution in [2.45, 2.75) is 11.8 Å². The van der Waals surface area contributed by atoms with Crippen LogP contribution in [0.15, 0.2) is 23.1 Å². The molecule has 0 radical (unpaired) electrons. The Morgan fingerprint density at radius 3 is 2.53 bits per heavy atom. The van der Waals surface area contributed by atoms with Crippen LogP contribution < -0.4 is 0 Å². The Labute approximate surface area is 98.5 Å². The Kier molecular flexibility index (Phi) is 3.84. The highest BCUT2D eigenvalue weighted by Crippen LogP contribution is 2.19. The molecule has 1 aromatic rings. The topological polar surface area (TPSA) is 74.7 Å². The van der Waals surface area contributed by atoms with E-state index in [1.165, 1.54) is 6.07 Å². The number of hydrogen-bond acceptors (Lipinski definition) is 3. The molecular formula is C10H12FNO4S. The number of carboxylic acids is 1. The van der Waals surface area contributed by atoms with E-state index in [9.17, 15) is 17.6 Å². The Morgan fingerprint density at radius 2 is 2.06 bits per heavy atom. The van der Waals surface area contributed by atoms with Gasteiger partial charge in [-0.3, -0.25) is 4.79 Å². The minimum Gasteiger partial charge on any atom is -0.480 e. The second-order valence-electron chi connectivity index (χ2n) is 3.59. The molecule has 94 valence electrons. The number of carboxylic acid groups (broad SMARTS) is 1. The average Bonchev–Trinajstić information content (AvgIpc) is 2.15. The van der Waals surface area contributed by atoms with E-state index in [-0.39, 0.29) is 0 Å². The molecule has 0 aromatic heterocycles. The normalized spacial score (nSPS) is 11.8. The van der Waals surface area contributed by atoms with Crippen LogP contribution in [0.2, 0.25) is 0 Å². The minimum absolute atomic E-state index is 0.521. The van der Waals surface area contributed by atoms with Gasteiger partial charge in [0.2, 0.25) is 10.0 Å². The zero-order valence-electron chi connectivity index (χ0n) is 9.34. The summed E-state index contributed by atoms with van der Waals surface area (Å²) in [5.74, 6) is -2.19. The largest absolute Gasteiger partial charge is 0.480 e. The van der Waals surface area contributed by atoms with Crippen LogP contribution in [-0.2, 0) is 14.8 Å². The maximum Gasteiger partial charge on any atom is 0.318 e. The van der Waals surface area contributed by atoms with Crippen LogP contribution in [0.25, 0.3) is 0 Å². The molecule has 1 aromatic carbocycles. The smallest absolute Gasteiger partial charge is 0.318 e. The molecule has 0 spiro atoms. The van der Waals surface area contributed by atoms with Gasteiger partial charge >= 0.3 is 5.97 Å². The summed E-state index contributed by atoms with van der Waals surface area (Å²) in [6, 6.07) is 3.66. The fraction of sp³-hybridized carbons (Fsp3) is 0.300. The average molecular weight is 261 g/mol. The van der Waals surface area contributed by atoms with Crippen molar-refractivity contribution in [3.63, 3.8) is 0 Å². The Balaban J connectivity index is 3.17. The highest BCUT2D eigenvalue weighted by Gasteiger charge is 2.25. The molecule has 7 heteroatoms. The van der Waals surface area contributed by atoms with Gasteiger partial charge in [-0.15, -0.1) is 0 Å². The van der Waals surface area contributed by atoms with E-state index in [4.69, 9.17) is 5.11 Å². The Bertz CT molecular complexity index is 541. The number of nitrogens with zero attached hydrogens (tertiary/aromatic N) is 1. The lowest BCUT2D eigenvalue weighted by Crippen LogP contribution is -2.32. The van der Waals surface area contributed by atoms with E-state index in [1.807, 2.05) is 0 Å². The predicted octanol–water partition coefficient (Wildman–Crippen LogP) is 0.839. The summed E-state index contributed by atoms with van der Waals surface area (Å²) in [6.45, 7) is 0.913. The molecule has 0 saturated carbocycles. The van der Waals surface area contributed by atoms with Crippen molar-refractivity contribution in [2.75, 3.05) is 13.6 Å². The van der Waals surface area contributed by atoms with Gasteiger partial charge in [-0.25, -0.2) is 12.8 Å². The molecule has 1 rings (SSSR count). The number of carbonyl (C=O) groups is 1. The number of rotatable bonds is 4. The fourth-order valence-corrected chi connectivity index (χ4v) is 2.42. The van der Waals surface area contributed by atoms with E-state index >= 15 is 0 Å². The summed E-state index contributed by atoms with van der Waals surface area (Å²) >= 11 is 0. The van der Waals surface area contributed by atoms with E-state index < -0.39 is 33.3 Å². The van der Waals surface area contributed by atoms with Crippen molar-refractivity contribution in [3.8, 4) is 0 Å². The molecule has 0 aliphatic heterocycles. The zero-order valence-corrected chi connectivity index (χ0v) is 10.2. The van der Waals surface area contributed by atoms with Crippen molar-refractivity contribution in [3.05, 3.63) is 29.6 Å². The first kappa shape index (κ1) is 13.6. The van der Waals surface area contributed by atoms with Gasteiger partial charge in [-0.1, -0.05) is 6.07 Å². The second-order valence-corrected chi connectivity index (χ2v) is 5.60. The van der Waals surface area contributed by atoms with Crippen LogP contribution in [0, 0.1) is 12.7 Å². The van der Waals surface area contributed by atoms with Gasteiger partial charge in [0.05, 0.1) is 0 Å². The first-order chi connectivity index (χ1) is 7.75. The van der Waals surface area contributed by atoms with Gasteiger partial charge in [0, 0.05) is 7.05 Å². The molecule has 0 unspecified atom stereocenters. The van der Waals surface area contributed by atoms with Gasteiger partial charge in [-0.2, -0.15) is 4.31 Å². The van der Waals surface area contributed by atoms with Crippen molar-refractivity contribution in [2.24, 2.45) is 0 Å². The molecule has 0 aliphatic carbocycles. The molecule has 0 atom stereocenters. The van der Waals surface area contributed by atoms with E-state index in [2.05, 4.69) is 0 Å². The van der Waals surface area contributed by atoms with E-state index in [1.54, 1.807) is 6.92 Å². The van der Waals surface area contributed by atoms with Crippen LogP contribution in [0.1, 0.15) is 5.56 Å². The van der Waals surface area contributed by atoms with Crippen LogP contribution in [-0.4, -0.2) is 37.4 Å². The molecular weight excluding hydrogens is 249 g/mol. The summed E-state index contributed by atoms with van der Waals surface area (Å²) in [7, 11) is -3.02. The molecule has 0 fully saturated rings. The minimum atomic E-state index is -4.10. The third-order valence-corrected chi connectivity index (χ3v) is 3.97. The van der Waals surface area contributed by atoms with Crippen LogP contribution in [0.4, 0.5) is 4.39 Å². The zero-order chi connectivity index (χ0) is 13.2. The van der Waals surface area contributed by atoms with E-state index in [0.717, 1.165) is 19.2 Å². The lowest BCUT2D eigenvalue weighted by Gasteiger charge is -2.15. The van der Waals surface area contributed by atoms with Gasteiger partial charge < -0.3 is 5.11 Å². The Hall–Kier alpha value is -1.47. The summed E-state index contributed by atoms with van der Waals surface area (Å²) in [6.07, 6.45) is 0. The van der Waals surface area contributed by atoms with Gasteiger partial charge in [0.15, 0.2) is 0 Å². The molecule has 5 nitrogen and oxygen atoms in total. The highest BCUT2D eigenvalue weighted by atomic mass is 32.2.